The van der Waals surface area contributed by atoms with Gasteiger partial charge in [0.25, 0.3) is 0 Å². The number of fused-ring (bicyclic) bond motifs is 1. The van der Waals surface area contributed by atoms with Crippen molar-refractivity contribution in [3.8, 4) is 0 Å². The molecule has 0 spiro atoms. The van der Waals surface area contributed by atoms with Crippen LogP contribution in [0.5, 0.6) is 0 Å². The third-order valence-corrected chi connectivity index (χ3v) is 8.06. The molecule has 2 fully saturated rings. The first-order valence-electron chi connectivity index (χ1n) is 16.5. The highest BCUT2D eigenvalue weighted by atomic mass is 32.2. The summed E-state index contributed by atoms with van der Waals surface area (Å²) in [6.07, 6.45) is -3.79. The van der Waals surface area contributed by atoms with Crippen LogP contribution < -0.4 is 11.1 Å². The van der Waals surface area contributed by atoms with Crippen LogP contribution in [0.25, 0.3) is 0 Å². The zero-order chi connectivity index (χ0) is 35.0. The topological polar surface area (TPSA) is 140 Å². The van der Waals surface area contributed by atoms with Crippen molar-refractivity contribution in [3.63, 3.8) is 0 Å². The highest BCUT2D eigenvalue weighted by Gasteiger charge is 2.44. The number of aliphatic hydroxyl groups is 1. The summed E-state index contributed by atoms with van der Waals surface area (Å²) in [6, 6.07) is 11.3. The number of nitrogens with two attached hydrogens (primary N) is 1. The van der Waals surface area contributed by atoms with E-state index >= 15 is 0 Å². The van der Waals surface area contributed by atoms with Crippen LogP contribution in [0.15, 0.2) is 59.5 Å². The number of sulfonamides is 1. The van der Waals surface area contributed by atoms with Crippen LogP contribution in [0.3, 0.4) is 0 Å². The Bertz CT molecular complexity index is 1480. The molecule has 5 atom stereocenters. The predicted octanol–water partition coefficient (Wildman–Crippen LogP) is 2.38. The predicted molar refractivity (Wildman–Crippen MR) is 142 cm³/mol. The second-order valence-electron chi connectivity index (χ2n) is 9.07. The van der Waals surface area contributed by atoms with Gasteiger partial charge in [0.15, 0.2) is 6.29 Å². The van der Waals surface area contributed by atoms with Crippen LogP contribution >= 0.6 is 0 Å². The molecule has 0 saturated carbocycles. The number of hydrogen-bond acceptors (Lipinski definition) is 8. The number of alkyl carbamates (subject to hydrolysis) is 1. The number of anilines is 1. The molecule has 0 radical (unpaired) electrons. The number of benzene rings is 2. The fourth-order valence-electron chi connectivity index (χ4n) is 4.41. The van der Waals surface area contributed by atoms with E-state index in [-0.39, 0.29) is 28.9 Å². The van der Waals surface area contributed by atoms with Gasteiger partial charge in [0.2, 0.25) is 10.0 Å². The van der Waals surface area contributed by atoms with Crippen molar-refractivity contribution >= 4 is 21.8 Å². The Labute approximate surface area is 236 Å². The highest BCUT2D eigenvalue weighted by molar-refractivity contribution is 7.89. The molecule has 1 amide bonds. The van der Waals surface area contributed by atoms with Gasteiger partial charge in [-0.15, -0.1) is 0 Å². The monoisotopic (exact) mass is 556 g/mol. The lowest BCUT2D eigenvalue weighted by Gasteiger charge is -2.31. The molecule has 2 aromatic rings. The zero-order valence-corrected chi connectivity index (χ0v) is 21.3. The maximum Gasteiger partial charge on any atom is 0.407 e. The average Bonchev–Trinajstić information content (AvgIpc) is 3.59. The van der Waals surface area contributed by atoms with E-state index in [4.69, 9.17) is 32.3 Å². The molecule has 10 nitrogen and oxygen atoms in total. The number of carbonyl (C=O) groups excluding carboxylic acids is 1. The van der Waals surface area contributed by atoms with Crippen LogP contribution in [0.2, 0.25) is 0 Å². The third kappa shape index (κ3) is 7.03. The summed E-state index contributed by atoms with van der Waals surface area (Å²) in [5.74, 6) is -4.27. The van der Waals surface area contributed by atoms with Gasteiger partial charge >= 0.3 is 6.09 Å². The number of aliphatic hydroxyl groups excluding tert-OH is 1. The number of carbonyl (C=O) groups is 1. The summed E-state index contributed by atoms with van der Waals surface area (Å²) in [4.78, 5) is 12.5. The number of nitrogens with one attached hydrogen (secondary N) is 1. The lowest BCUT2D eigenvalue weighted by Crippen LogP contribution is -2.51. The van der Waals surface area contributed by atoms with Crippen LogP contribution in [0, 0.1) is 11.8 Å². The van der Waals surface area contributed by atoms with E-state index < -0.39 is 78.2 Å². The van der Waals surface area contributed by atoms with Crippen molar-refractivity contribution in [1.29, 1.82) is 0 Å². The van der Waals surface area contributed by atoms with Gasteiger partial charge in [0, 0.05) is 31.1 Å². The highest BCUT2D eigenvalue weighted by Crippen LogP contribution is 2.33. The third-order valence-electron chi connectivity index (χ3n) is 6.37. The molecule has 0 unspecified atom stereocenters. The van der Waals surface area contributed by atoms with E-state index in [0.29, 0.717) is 18.6 Å². The van der Waals surface area contributed by atoms with Crippen molar-refractivity contribution < 1.29 is 44.9 Å². The molecule has 208 valence electrons. The Hall–Kier alpha value is -2.70. The Morgan fingerprint density at radius 3 is 2.71 bits per heavy atom. The summed E-state index contributed by atoms with van der Waals surface area (Å²) in [5.41, 5.74) is 6.36. The molecule has 0 aromatic heterocycles. The molecule has 11 heteroatoms. The summed E-state index contributed by atoms with van der Waals surface area (Å²) < 4.78 is 117. The molecule has 2 saturated heterocycles. The smallest absolute Gasteiger partial charge is 0.407 e. The molecule has 4 N–H and O–H groups in total. The van der Waals surface area contributed by atoms with Crippen molar-refractivity contribution in [2.24, 2.45) is 11.8 Å². The number of ether oxygens (including phenoxy) is 3. The van der Waals surface area contributed by atoms with Gasteiger partial charge in [0.1, 0.15) is 6.10 Å². The Morgan fingerprint density at radius 1 is 1.26 bits per heavy atom. The lowest BCUT2D eigenvalue weighted by molar-refractivity contribution is -0.0907. The molecule has 0 bridgehead atoms. The lowest BCUT2D eigenvalue weighted by atomic mass is 10.0. The van der Waals surface area contributed by atoms with Gasteiger partial charge in [-0.3, -0.25) is 0 Å². The van der Waals surface area contributed by atoms with Gasteiger partial charge in [-0.05, 0) is 48.6 Å². The normalized spacial score (nSPS) is 27.6. The van der Waals surface area contributed by atoms with Gasteiger partial charge < -0.3 is 30.4 Å². The maximum atomic E-state index is 14.0. The largest absolute Gasteiger partial charge is 0.443 e. The molecule has 38 heavy (non-hydrogen) atoms. The van der Waals surface area contributed by atoms with Gasteiger partial charge in [0.05, 0.1) is 36.2 Å². The first-order valence-corrected chi connectivity index (χ1v) is 13.4. The summed E-state index contributed by atoms with van der Waals surface area (Å²) in [5, 5.41) is 14.0. The minimum Gasteiger partial charge on any atom is -0.443 e. The number of nitrogen functional groups attached to an aromatic ring is 1. The van der Waals surface area contributed by atoms with Crippen LogP contribution in [-0.4, -0.2) is 74.7 Å². The minimum absolute atomic E-state index is 0.0539. The quantitative estimate of drug-likeness (QED) is 0.359. The molecular formula is C27H37N3O7S. The fourth-order valence-corrected chi connectivity index (χ4v) is 5.71. The van der Waals surface area contributed by atoms with E-state index in [0.717, 1.165) is 12.1 Å². The molecule has 2 aromatic carbocycles. The second-order valence-corrected chi connectivity index (χ2v) is 10.9. The van der Waals surface area contributed by atoms with Crippen LogP contribution in [0.4, 0.5) is 10.5 Å². The molecule has 2 heterocycles. The maximum absolute atomic E-state index is 14.0. The molecule has 0 aliphatic carbocycles. The number of rotatable bonds is 11. The van der Waals surface area contributed by atoms with Crippen LogP contribution in [0.1, 0.15) is 38.0 Å². The van der Waals surface area contributed by atoms with Gasteiger partial charge in [-0.25, -0.2) is 13.2 Å². The van der Waals surface area contributed by atoms with E-state index in [1.165, 1.54) is 12.1 Å². The number of hydrogen-bond donors (Lipinski definition) is 3. The molecule has 2 aliphatic rings. The average molecular weight is 557 g/mol. The van der Waals surface area contributed by atoms with E-state index in [2.05, 4.69) is 5.32 Å². The van der Waals surface area contributed by atoms with Crippen molar-refractivity contribution in [2.45, 2.75) is 56.0 Å². The Morgan fingerprint density at radius 2 is 2.00 bits per heavy atom. The Balaban J connectivity index is 1.73. The number of amides is 1. The second kappa shape index (κ2) is 12.4. The molecule has 2 aliphatic heterocycles. The Kier molecular flexibility index (Phi) is 6.08. The van der Waals surface area contributed by atoms with E-state index in [9.17, 15) is 18.3 Å². The fraction of sp³-hybridized carbons (Fsp3) is 0.519. The summed E-state index contributed by atoms with van der Waals surface area (Å²) in [7, 11) is -5.19. The number of nitrogens with zero attached hydrogens (tertiary/aromatic N) is 1. The first kappa shape index (κ1) is 18.6. The molecular weight excluding hydrogens is 510 g/mol. The zero-order valence-electron chi connectivity index (χ0n) is 29.4. The van der Waals surface area contributed by atoms with Crippen LogP contribution in [-0.2, 0) is 30.7 Å². The SMILES string of the molecule is [2H]C([2H])([2H])C([2H])(C([2H])([2H])[2H])C([2H])([2H])N(C[C@@H](O)[C@@H](Cc1ccccc1)NC(=O)O[C@H]1CO[C@H]2OCC[C@H]21)S(=O)(=O)c1ccc(N)cc1. The van der Waals surface area contributed by atoms with E-state index in [1.807, 2.05) is 0 Å². The van der Waals surface area contributed by atoms with E-state index in [1.54, 1.807) is 30.3 Å². The van der Waals surface area contributed by atoms with Crippen molar-refractivity contribution in [2.75, 3.05) is 32.0 Å². The summed E-state index contributed by atoms with van der Waals surface area (Å²) >= 11 is 0. The first-order chi connectivity index (χ1) is 21.7. The van der Waals surface area contributed by atoms with Gasteiger partial charge in [-0.1, -0.05) is 44.0 Å². The van der Waals surface area contributed by atoms with Gasteiger partial charge in [-0.2, -0.15) is 4.31 Å². The minimum atomic E-state index is -5.19. The van der Waals surface area contributed by atoms with Crippen molar-refractivity contribution in [1.82, 2.24) is 9.62 Å². The summed E-state index contributed by atoms with van der Waals surface area (Å²) in [6.45, 7) is -12.6. The van der Waals surface area contributed by atoms with Crippen molar-refractivity contribution in [3.05, 3.63) is 60.2 Å². The molecule has 4 rings (SSSR count). The standard InChI is InChI=1S/C27H37N3O7S/c1-18(2)15-30(38(33,34)21-10-8-20(28)9-11-21)16-24(31)23(14-19-6-4-3-5-7-19)29-27(32)37-25-17-36-26-22(25)12-13-35-26/h3-11,18,22-26,31H,12-17,28H2,1-2H3,(H,29,32)/t22-,23+,24+,25-,26+/m0/s1/i1D3,2D3,15D2,18D.